The van der Waals surface area contributed by atoms with E-state index in [1.54, 1.807) is 0 Å². The zero-order chi connectivity index (χ0) is 30.1. The van der Waals surface area contributed by atoms with Gasteiger partial charge in [0.1, 0.15) is 0 Å². The summed E-state index contributed by atoms with van der Waals surface area (Å²) in [7, 11) is 0. The molecule has 0 aromatic heterocycles. The van der Waals surface area contributed by atoms with Crippen molar-refractivity contribution >= 4 is 17.6 Å². The molecule has 0 spiro atoms. The molecule has 0 heterocycles. The van der Waals surface area contributed by atoms with Gasteiger partial charge in [0.2, 0.25) is 5.91 Å². The predicted molar refractivity (Wildman–Crippen MR) is 165 cm³/mol. The van der Waals surface area contributed by atoms with E-state index in [1.807, 2.05) is 54.5 Å². The molecular formula is C35H45NO4. The van der Waals surface area contributed by atoms with Crippen LogP contribution in [0.2, 0.25) is 0 Å². The average molecular weight is 544 g/mol. The Morgan fingerprint density at radius 2 is 1.30 bits per heavy atom. The second-order valence-electron chi connectivity index (χ2n) is 12.5. The lowest BCUT2D eigenvalue weighted by Gasteiger charge is -2.31. The Bertz CT molecular complexity index is 1440. The van der Waals surface area contributed by atoms with Gasteiger partial charge in [0.15, 0.2) is 6.10 Å². The zero-order valence-corrected chi connectivity index (χ0v) is 26.0. The van der Waals surface area contributed by atoms with Crippen molar-refractivity contribution in [2.75, 3.05) is 5.32 Å². The summed E-state index contributed by atoms with van der Waals surface area (Å²) in [5.41, 5.74) is 10.3. The number of hydrogen-bond acceptors (Lipinski definition) is 3. The lowest BCUT2D eigenvalue weighted by molar-refractivity contribution is -0.160. The van der Waals surface area contributed by atoms with Crippen molar-refractivity contribution in [3.63, 3.8) is 0 Å². The first-order chi connectivity index (χ1) is 18.5. The van der Waals surface area contributed by atoms with Gasteiger partial charge in [-0.25, -0.2) is 4.79 Å². The number of anilines is 1. The van der Waals surface area contributed by atoms with Gasteiger partial charge in [-0.05, 0) is 118 Å². The molecule has 0 aliphatic heterocycles. The number of ether oxygens (including phenoxy) is 1. The molecule has 0 bridgehead atoms. The van der Waals surface area contributed by atoms with Crippen LogP contribution in [-0.4, -0.2) is 22.6 Å². The standard InChI is InChI=1S/C35H45NO4/c1-19(2)16-28(37)36-32-25(8)31(33(34(38)39)40-35(9,10)11)29(26-14-12-20(3)22(5)17-26)24(7)30(32)27-15-13-21(4)23(6)18-27/h12-15,17-19,33H,16H2,1-11H3,(H,36,37)(H,38,39). The molecule has 214 valence electrons. The number of rotatable bonds is 8. The highest BCUT2D eigenvalue weighted by molar-refractivity contribution is 6.01. The molecule has 5 heteroatoms. The molecule has 0 saturated heterocycles. The molecule has 3 rings (SSSR count). The topological polar surface area (TPSA) is 75.6 Å². The third-order valence-corrected chi connectivity index (χ3v) is 7.46. The van der Waals surface area contributed by atoms with Crippen LogP contribution in [0.15, 0.2) is 36.4 Å². The summed E-state index contributed by atoms with van der Waals surface area (Å²) in [6.07, 6.45) is -0.871. The Balaban J connectivity index is 2.53. The number of aliphatic carboxylic acids is 1. The molecule has 2 N–H and O–H groups in total. The Morgan fingerprint density at radius 1 is 0.800 bits per heavy atom. The number of carboxylic acids is 1. The van der Waals surface area contributed by atoms with Gasteiger partial charge in [0.25, 0.3) is 0 Å². The van der Waals surface area contributed by atoms with E-state index in [1.165, 1.54) is 5.56 Å². The van der Waals surface area contributed by atoms with Crippen LogP contribution < -0.4 is 5.32 Å². The molecule has 0 aliphatic rings. The fourth-order valence-corrected chi connectivity index (χ4v) is 5.18. The van der Waals surface area contributed by atoms with Crippen LogP contribution in [0.4, 0.5) is 5.69 Å². The minimum absolute atomic E-state index is 0.101. The molecule has 0 fully saturated rings. The second-order valence-corrected chi connectivity index (χ2v) is 12.5. The van der Waals surface area contributed by atoms with E-state index in [4.69, 9.17) is 4.74 Å². The maximum Gasteiger partial charge on any atom is 0.337 e. The highest BCUT2D eigenvalue weighted by atomic mass is 16.5. The van der Waals surface area contributed by atoms with Gasteiger partial charge in [-0.15, -0.1) is 0 Å². The normalized spacial score (nSPS) is 12.5. The molecule has 0 radical (unpaired) electrons. The number of carbonyl (C=O) groups is 2. The first-order valence-corrected chi connectivity index (χ1v) is 14.0. The molecular weight excluding hydrogens is 498 g/mol. The Labute approximate surface area is 240 Å². The van der Waals surface area contributed by atoms with Crippen molar-refractivity contribution in [1.29, 1.82) is 0 Å². The monoisotopic (exact) mass is 543 g/mol. The van der Waals surface area contributed by atoms with Crippen LogP contribution >= 0.6 is 0 Å². The van der Waals surface area contributed by atoms with Gasteiger partial charge >= 0.3 is 5.97 Å². The van der Waals surface area contributed by atoms with Gasteiger partial charge in [-0.2, -0.15) is 0 Å². The number of amides is 1. The zero-order valence-electron chi connectivity index (χ0n) is 26.0. The number of carboxylic acid groups (broad SMARTS) is 1. The fourth-order valence-electron chi connectivity index (χ4n) is 5.18. The molecule has 3 aromatic carbocycles. The maximum atomic E-state index is 13.2. The first-order valence-electron chi connectivity index (χ1n) is 14.0. The van der Waals surface area contributed by atoms with Crippen molar-refractivity contribution in [2.45, 2.75) is 94.3 Å². The number of carbonyl (C=O) groups excluding carboxylic acids is 1. The molecule has 1 atom stereocenters. The Kier molecular flexibility index (Phi) is 9.31. The van der Waals surface area contributed by atoms with Crippen LogP contribution in [0, 0.1) is 47.5 Å². The lowest BCUT2D eigenvalue weighted by Crippen LogP contribution is -2.29. The minimum atomic E-state index is -1.23. The van der Waals surface area contributed by atoms with Gasteiger partial charge in [-0.3, -0.25) is 4.79 Å². The van der Waals surface area contributed by atoms with Crippen LogP contribution in [0.1, 0.15) is 86.1 Å². The summed E-state index contributed by atoms with van der Waals surface area (Å²) in [5.74, 6) is -0.992. The van der Waals surface area contributed by atoms with E-state index in [2.05, 4.69) is 63.3 Å². The van der Waals surface area contributed by atoms with Crippen LogP contribution in [0.5, 0.6) is 0 Å². The van der Waals surface area contributed by atoms with Crippen molar-refractivity contribution < 1.29 is 19.4 Å². The van der Waals surface area contributed by atoms with Crippen molar-refractivity contribution in [3.8, 4) is 22.3 Å². The van der Waals surface area contributed by atoms with Crippen LogP contribution in [0.3, 0.4) is 0 Å². The van der Waals surface area contributed by atoms with E-state index in [9.17, 15) is 14.7 Å². The minimum Gasteiger partial charge on any atom is -0.479 e. The van der Waals surface area contributed by atoms with Crippen molar-refractivity contribution in [3.05, 3.63) is 75.3 Å². The number of nitrogens with one attached hydrogen (secondary N) is 1. The van der Waals surface area contributed by atoms with Gasteiger partial charge in [0.05, 0.1) is 11.3 Å². The average Bonchev–Trinajstić information content (AvgIpc) is 2.82. The van der Waals surface area contributed by atoms with E-state index in [-0.39, 0.29) is 11.8 Å². The third kappa shape index (κ3) is 6.82. The maximum absolute atomic E-state index is 13.2. The largest absolute Gasteiger partial charge is 0.479 e. The number of hydrogen-bond donors (Lipinski definition) is 2. The number of aryl methyl sites for hydroxylation is 4. The van der Waals surface area contributed by atoms with Gasteiger partial charge < -0.3 is 15.2 Å². The summed E-state index contributed by atoms with van der Waals surface area (Å²) in [6.45, 7) is 21.8. The molecule has 5 nitrogen and oxygen atoms in total. The smallest absolute Gasteiger partial charge is 0.337 e. The van der Waals surface area contributed by atoms with Crippen molar-refractivity contribution in [1.82, 2.24) is 0 Å². The molecule has 0 aliphatic carbocycles. The van der Waals surface area contributed by atoms with E-state index in [0.717, 1.165) is 44.5 Å². The Morgan fingerprint density at radius 3 is 1.73 bits per heavy atom. The first kappa shape index (κ1) is 31.1. The quantitative estimate of drug-likeness (QED) is 0.298. The molecule has 3 aromatic rings. The summed E-state index contributed by atoms with van der Waals surface area (Å²) in [5, 5.41) is 13.7. The summed E-state index contributed by atoms with van der Waals surface area (Å²) >= 11 is 0. The fraction of sp³-hybridized carbons (Fsp3) is 0.429. The summed E-state index contributed by atoms with van der Waals surface area (Å²) < 4.78 is 6.23. The van der Waals surface area contributed by atoms with Crippen LogP contribution in [-0.2, 0) is 14.3 Å². The third-order valence-electron chi connectivity index (χ3n) is 7.46. The van der Waals surface area contributed by atoms with Gasteiger partial charge in [0, 0.05) is 17.5 Å². The Hall–Kier alpha value is -3.44. The molecule has 1 amide bonds. The SMILES string of the molecule is Cc1ccc(-c2c(C)c(-c3ccc(C)c(C)c3)c(C(OC(C)(C)C)C(=O)O)c(C)c2NC(=O)CC(C)C)cc1C. The van der Waals surface area contributed by atoms with E-state index >= 15 is 0 Å². The highest BCUT2D eigenvalue weighted by Gasteiger charge is 2.34. The highest BCUT2D eigenvalue weighted by Crippen LogP contribution is 2.47. The molecule has 0 saturated carbocycles. The van der Waals surface area contributed by atoms with Crippen molar-refractivity contribution in [2.24, 2.45) is 5.92 Å². The van der Waals surface area contributed by atoms with Crippen LogP contribution in [0.25, 0.3) is 22.3 Å². The summed E-state index contributed by atoms with van der Waals surface area (Å²) in [6, 6.07) is 12.5. The van der Waals surface area contributed by atoms with Gasteiger partial charge in [-0.1, -0.05) is 50.2 Å². The summed E-state index contributed by atoms with van der Waals surface area (Å²) in [4.78, 5) is 26.1. The molecule has 1 unspecified atom stereocenters. The number of benzene rings is 3. The predicted octanol–water partition coefficient (Wildman–Crippen LogP) is 8.80. The van der Waals surface area contributed by atoms with E-state index < -0.39 is 17.7 Å². The lowest BCUT2D eigenvalue weighted by atomic mass is 9.81. The second kappa shape index (κ2) is 12.0. The van der Waals surface area contributed by atoms with E-state index in [0.29, 0.717) is 23.2 Å². The molecule has 40 heavy (non-hydrogen) atoms.